The highest BCUT2D eigenvalue weighted by Crippen LogP contribution is 2.28. The third kappa shape index (κ3) is 3.93. The van der Waals surface area contributed by atoms with E-state index in [1.165, 1.54) is 29.5 Å². The summed E-state index contributed by atoms with van der Waals surface area (Å²) in [6.45, 7) is 0.360. The van der Waals surface area contributed by atoms with Gasteiger partial charge in [0, 0.05) is 11.4 Å². The molecule has 0 aliphatic heterocycles. The Kier molecular flexibility index (Phi) is 5.17. The lowest BCUT2D eigenvalue weighted by Gasteiger charge is -2.06. The van der Waals surface area contributed by atoms with Crippen LogP contribution in [0.25, 0.3) is 0 Å². The van der Waals surface area contributed by atoms with Crippen LogP contribution >= 0.6 is 34.5 Å². The Bertz CT molecular complexity index is 688. The van der Waals surface area contributed by atoms with Crippen LogP contribution in [0.5, 0.6) is 0 Å². The molecule has 0 radical (unpaired) electrons. The molecule has 0 aliphatic carbocycles. The van der Waals surface area contributed by atoms with Gasteiger partial charge in [-0.25, -0.2) is 0 Å². The van der Waals surface area contributed by atoms with Crippen LogP contribution in [0.4, 0.5) is 5.69 Å². The number of nitrogens with one attached hydrogen (secondary N) is 1. The standard InChI is InChI=1S/C13H10Cl2N2O3S/c14-10-3-1-2-9(12(10)17(19)20)13(18)16-7-6-8-4-5-11(15)21-8/h1-5H,6-7H2,(H,16,18). The van der Waals surface area contributed by atoms with E-state index in [2.05, 4.69) is 5.32 Å². The van der Waals surface area contributed by atoms with Crippen LogP contribution in [0.15, 0.2) is 30.3 Å². The predicted molar refractivity (Wildman–Crippen MR) is 83.5 cm³/mol. The first-order valence-electron chi connectivity index (χ1n) is 5.94. The van der Waals surface area contributed by atoms with Crippen molar-refractivity contribution >= 4 is 46.1 Å². The molecule has 1 N–H and O–H groups in total. The zero-order valence-electron chi connectivity index (χ0n) is 10.6. The maximum Gasteiger partial charge on any atom is 0.300 e. The van der Waals surface area contributed by atoms with E-state index in [4.69, 9.17) is 23.2 Å². The highest BCUT2D eigenvalue weighted by Gasteiger charge is 2.23. The van der Waals surface area contributed by atoms with E-state index in [1.54, 1.807) is 6.07 Å². The monoisotopic (exact) mass is 344 g/mol. The Morgan fingerprint density at radius 2 is 2.05 bits per heavy atom. The molecule has 110 valence electrons. The van der Waals surface area contributed by atoms with E-state index >= 15 is 0 Å². The maximum absolute atomic E-state index is 12.0. The first kappa shape index (κ1) is 15.8. The van der Waals surface area contributed by atoms with Crippen molar-refractivity contribution in [3.63, 3.8) is 0 Å². The number of thiophene rings is 1. The number of hydrogen-bond donors (Lipinski definition) is 1. The van der Waals surface area contributed by atoms with Crippen LogP contribution in [0.2, 0.25) is 9.36 Å². The molecular weight excluding hydrogens is 335 g/mol. The second kappa shape index (κ2) is 6.89. The van der Waals surface area contributed by atoms with Gasteiger partial charge in [-0.3, -0.25) is 14.9 Å². The first-order chi connectivity index (χ1) is 9.99. The van der Waals surface area contributed by atoms with Gasteiger partial charge in [-0.15, -0.1) is 11.3 Å². The number of nitro groups is 1. The minimum absolute atomic E-state index is 0.0447. The number of halogens is 2. The zero-order valence-corrected chi connectivity index (χ0v) is 13.0. The Labute approximate surface area is 134 Å². The first-order valence-corrected chi connectivity index (χ1v) is 7.51. The van der Waals surface area contributed by atoms with E-state index in [-0.39, 0.29) is 16.3 Å². The van der Waals surface area contributed by atoms with Gasteiger partial charge in [0.05, 0.1) is 9.26 Å². The SMILES string of the molecule is O=C(NCCc1ccc(Cl)s1)c1cccc(Cl)c1[N+](=O)[O-]. The molecule has 5 nitrogen and oxygen atoms in total. The number of rotatable bonds is 5. The summed E-state index contributed by atoms with van der Waals surface area (Å²) in [6, 6.07) is 7.92. The topological polar surface area (TPSA) is 72.2 Å². The van der Waals surface area contributed by atoms with Gasteiger partial charge in [0.1, 0.15) is 10.6 Å². The van der Waals surface area contributed by atoms with Crippen LogP contribution < -0.4 is 5.32 Å². The van der Waals surface area contributed by atoms with Crippen molar-refractivity contribution in [1.82, 2.24) is 5.32 Å². The Morgan fingerprint density at radius 3 is 2.67 bits per heavy atom. The van der Waals surface area contributed by atoms with E-state index in [0.29, 0.717) is 17.3 Å². The number of amides is 1. The molecule has 1 aromatic carbocycles. The normalized spacial score (nSPS) is 10.4. The third-order valence-corrected chi connectivity index (χ3v) is 4.30. The Balaban J connectivity index is 2.04. The van der Waals surface area contributed by atoms with Crippen molar-refractivity contribution in [2.75, 3.05) is 6.54 Å². The second-order valence-electron chi connectivity index (χ2n) is 4.10. The lowest BCUT2D eigenvalue weighted by Crippen LogP contribution is -2.26. The van der Waals surface area contributed by atoms with Crippen LogP contribution in [-0.4, -0.2) is 17.4 Å². The number of nitrogens with zero attached hydrogens (tertiary/aromatic N) is 1. The molecular formula is C13H10Cl2N2O3S. The minimum atomic E-state index is -0.656. The second-order valence-corrected chi connectivity index (χ2v) is 6.31. The fraction of sp³-hybridized carbons (Fsp3) is 0.154. The number of carbonyl (C=O) groups is 1. The van der Waals surface area contributed by atoms with Crippen molar-refractivity contribution < 1.29 is 9.72 Å². The molecule has 21 heavy (non-hydrogen) atoms. The lowest BCUT2D eigenvalue weighted by molar-refractivity contribution is -0.385. The van der Waals surface area contributed by atoms with Crippen molar-refractivity contribution in [2.24, 2.45) is 0 Å². The molecule has 0 atom stereocenters. The summed E-state index contributed by atoms with van der Waals surface area (Å²) in [6.07, 6.45) is 0.609. The summed E-state index contributed by atoms with van der Waals surface area (Å²) in [5, 5.41) is 13.6. The van der Waals surface area contributed by atoms with Crippen molar-refractivity contribution in [3.05, 3.63) is 60.2 Å². The zero-order chi connectivity index (χ0) is 15.4. The molecule has 0 saturated carbocycles. The van der Waals surface area contributed by atoms with E-state index < -0.39 is 10.8 Å². The fourth-order valence-electron chi connectivity index (χ4n) is 1.76. The molecule has 0 spiro atoms. The third-order valence-electron chi connectivity index (χ3n) is 2.70. The van der Waals surface area contributed by atoms with Crippen LogP contribution in [0.1, 0.15) is 15.2 Å². The van der Waals surface area contributed by atoms with Crippen LogP contribution in [0.3, 0.4) is 0 Å². The van der Waals surface area contributed by atoms with E-state index in [9.17, 15) is 14.9 Å². The molecule has 1 aromatic heterocycles. The predicted octanol–water partition coefficient (Wildman–Crippen LogP) is 3.94. The van der Waals surface area contributed by atoms with Gasteiger partial charge in [-0.2, -0.15) is 0 Å². The number of carbonyl (C=O) groups excluding carboxylic acids is 1. The fourth-order valence-corrected chi connectivity index (χ4v) is 3.10. The summed E-state index contributed by atoms with van der Waals surface area (Å²) in [4.78, 5) is 23.4. The van der Waals surface area contributed by atoms with Gasteiger partial charge in [0.2, 0.25) is 0 Å². The average molecular weight is 345 g/mol. The number of nitro benzene ring substituents is 1. The van der Waals surface area contributed by atoms with Gasteiger partial charge >= 0.3 is 5.69 Å². The Hall–Kier alpha value is -1.63. The number of hydrogen-bond acceptors (Lipinski definition) is 4. The lowest BCUT2D eigenvalue weighted by atomic mass is 10.1. The van der Waals surface area contributed by atoms with Crippen molar-refractivity contribution in [1.29, 1.82) is 0 Å². The van der Waals surface area contributed by atoms with Crippen molar-refractivity contribution in [2.45, 2.75) is 6.42 Å². The van der Waals surface area contributed by atoms with Gasteiger partial charge in [-0.05, 0) is 30.7 Å². The largest absolute Gasteiger partial charge is 0.351 e. The molecule has 8 heteroatoms. The summed E-state index contributed by atoms with van der Waals surface area (Å²) in [7, 11) is 0. The highest BCUT2D eigenvalue weighted by molar-refractivity contribution is 7.16. The molecule has 2 rings (SSSR count). The summed E-state index contributed by atoms with van der Waals surface area (Å²) in [5.74, 6) is -0.521. The van der Waals surface area contributed by atoms with Gasteiger partial charge in [0.25, 0.3) is 5.91 Å². The molecule has 0 aliphatic rings. The molecule has 2 aromatic rings. The summed E-state index contributed by atoms with van der Waals surface area (Å²) < 4.78 is 0.682. The Morgan fingerprint density at radius 1 is 1.29 bits per heavy atom. The minimum Gasteiger partial charge on any atom is -0.351 e. The van der Waals surface area contributed by atoms with Crippen molar-refractivity contribution in [3.8, 4) is 0 Å². The molecule has 0 saturated heterocycles. The molecule has 0 bridgehead atoms. The van der Waals surface area contributed by atoms with Gasteiger partial charge < -0.3 is 5.32 Å². The quantitative estimate of drug-likeness (QED) is 0.659. The molecule has 0 fully saturated rings. The maximum atomic E-state index is 12.0. The molecule has 1 amide bonds. The molecule has 0 unspecified atom stereocenters. The van der Waals surface area contributed by atoms with E-state index in [0.717, 1.165) is 4.88 Å². The van der Waals surface area contributed by atoms with Crippen LogP contribution in [0, 0.1) is 10.1 Å². The summed E-state index contributed by atoms with van der Waals surface area (Å²) >= 11 is 13.0. The number of para-hydroxylation sites is 1. The number of benzene rings is 1. The molecule has 1 heterocycles. The summed E-state index contributed by atoms with van der Waals surface area (Å²) in [5.41, 5.74) is -0.424. The van der Waals surface area contributed by atoms with Crippen LogP contribution in [-0.2, 0) is 6.42 Å². The average Bonchev–Trinajstić information content (AvgIpc) is 2.83. The van der Waals surface area contributed by atoms with Gasteiger partial charge in [-0.1, -0.05) is 29.3 Å². The van der Waals surface area contributed by atoms with E-state index in [1.807, 2.05) is 6.07 Å². The smallest absolute Gasteiger partial charge is 0.300 e. The highest BCUT2D eigenvalue weighted by atomic mass is 35.5. The van der Waals surface area contributed by atoms with Gasteiger partial charge in [0.15, 0.2) is 0 Å².